The lowest BCUT2D eigenvalue weighted by Crippen LogP contribution is -2.48. The van der Waals surface area contributed by atoms with Crippen LogP contribution in [-0.4, -0.2) is 73.4 Å². The van der Waals surface area contributed by atoms with Gasteiger partial charge in [-0.05, 0) is 50.7 Å². The zero-order valence-corrected chi connectivity index (χ0v) is 20.8. The Labute approximate surface area is 200 Å². The summed E-state index contributed by atoms with van der Waals surface area (Å²) in [5.41, 5.74) is 0.287. The molecule has 10 nitrogen and oxygen atoms in total. The van der Waals surface area contributed by atoms with Crippen LogP contribution in [-0.2, 0) is 19.4 Å². The minimum absolute atomic E-state index is 0.00726. The molecule has 3 rings (SSSR count). The van der Waals surface area contributed by atoms with Gasteiger partial charge in [-0.1, -0.05) is 13.8 Å². The maximum Gasteiger partial charge on any atom is 0.338 e. The van der Waals surface area contributed by atoms with Crippen molar-refractivity contribution >= 4 is 33.1 Å². The van der Waals surface area contributed by atoms with Crippen molar-refractivity contribution in [1.29, 1.82) is 0 Å². The molecule has 0 radical (unpaired) electrons. The molecular weight excluding hydrogens is 462 g/mol. The number of anilines is 1. The number of carbonyl (C=O) groups excluding carboxylic acids is 2. The van der Waals surface area contributed by atoms with E-state index >= 15 is 0 Å². The monoisotopic (exact) mass is 495 g/mol. The second kappa shape index (κ2) is 10.7. The zero-order valence-electron chi connectivity index (χ0n) is 19.9. The zero-order chi connectivity index (χ0) is 25.0. The highest BCUT2D eigenvalue weighted by Crippen LogP contribution is 2.32. The first-order valence-corrected chi connectivity index (χ1v) is 13.6. The SMILES string of the molecule is CC[C@H](C)N(C(=O)COC(=O)c1ccc(N2CCC(C)CC2)c([N+](=O)[O-])c1)[C@@H]1CCS(=O)(=O)C1. The van der Waals surface area contributed by atoms with Crippen LogP contribution >= 0.6 is 0 Å². The quantitative estimate of drug-likeness (QED) is 0.306. The van der Waals surface area contributed by atoms with Gasteiger partial charge in [0, 0.05) is 31.2 Å². The normalized spacial score (nSPS) is 21.1. The van der Waals surface area contributed by atoms with E-state index in [1.807, 2.05) is 18.7 Å². The number of rotatable bonds is 8. The fourth-order valence-corrected chi connectivity index (χ4v) is 6.31. The van der Waals surface area contributed by atoms with E-state index in [9.17, 15) is 28.1 Å². The van der Waals surface area contributed by atoms with Gasteiger partial charge >= 0.3 is 5.97 Å². The number of benzene rings is 1. The number of esters is 1. The Morgan fingerprint density at radius 2 is 1.94 bits per heavy atom. The predicted molar refractivity (Wildman–Crippen MR) is 128 cm³/mol. The minimum atomic E-state index is -3.19. The lowest BCUT2D eigenvalue weighted by Gasteiger charge is -2.33. The number of ether oxygens (including phenoxy) is 1. The number of nitro benzene ring substituents is 1. The molecule has 0 unspecified atom stereocenters. The predicted octanol–water partition coefficient (Wildman–Crippen LogP) is 2.80. The smallest absolute Gasteiger partial charge is 0.338 e. The molecule has 2 heterocycles. The van der Waals surface area contributed by atoms with Crippen LogP contribution in [0.25, 0.3) is 0 Å². The van der Waals surface area contributed by atoms with Gasteiger partial charge < -0.3 is 14.5 Å². The Balaban J connectivity index is 1.70. The number of hydrogen-bond donors (Lipinski definition) is 0. The fourth-order valence-electron chi connectivity index (χ4n) is 4.60. The van der Waals surface area contributed by atoms with Gasteiger partial charge in [0.25, 0.3) is 11.6 Å². The summed E-state index contributed by atoms with van der Waals surface area (Å²) in [7, 11) is -3.19. The summed E-state index contributed by atoms with van der Waals surface area (Å²) in [6, 6.07) is 3.57. The Hall–Kier alpha value is -2.69. The van der Waals surface area contributed by atoms with Crippen molar-refractivity contribution in [3.05, 3.63) is 33.9 Å². The Morgan fingerprint density at radius 1 is 1.26 bits per heavy atom. The number of piperidine rings is 1. The Kier molecular flexibility index (Phi) is 8.17. The van der Waals surface area contributed by atoms with Crippen molar-refractivity contribution in [2.75, 3.05) is 36.1 Å². The largest absolute Gasteiger partial charge is 0.452 e. The van der Waals surface area contributed by atoms with Gasteiger partial charge in [0.1, 0.15) is 5.69 Å². The molecule has 0 bridgehead atoms. The van der Waals surface area contributed by atoms with Gasteiger partial charge in [-0.25, -0.2) is 13.2 Å². The molecule has 0 N–H and O–H groups in total. The lowest BCUT2D eigenvalue weighted by molar-refractivity contribution is -0.384. The van der Waals surface area contributed by atoms with Gasteiger partial charge in [0.2, 0.25) is 0 Å². The van der Waals surface area contributed by atoms with Crippen LogP contribution in [0.3, 0.4) is 0 Å². The van der Waals surface area contributed by atoms with E-state index in [2.05, 4.69) is 6.92 Å². The number of amides is 1. The molecule has 34 heavy (non-hydrogen) atoms. The maximum absolute atomic E-state index is 12.9. The molecule has 1 aromatic rings. The maximum atomic E-state index is 12.9. The molecule has 1 aromatic carbocycles. The van der Waals surface area contributed by atoms with Gasteiger partial charge in [-0.3, -0.25) is 14.9 Å². The van der Waals surface area contributed by atoms with E-state index in [4.69, 9.17) is 4.74 Å². The Bertz CT molecular complexity index is 1030. The van der Waals surface area contributed by atoms with Gasteiger partial charge in [0.05, 0.1) is 22.0 Å². The summed E-state index contributed by atoms with van der Waals surface area (Å²) in [6.07, 6.45) is 2.87. The number of hydrogen-bond acceptors (Lipinski definition) is 8. The molecule has 2 fully saturated rings. The molecule has 2 aliphatic heterocycles. The first kappa shape index (κ1) is 25.9. The number of nitrogens with zero attached hydrogens (tertiary/aromatic N) is 3. The van der Waals surface area contributed by atoms with E-state index in [1.165, 1.54) is 17.0 Å². The Morgan fingerprint density at radius 3 is 2.50 bits per heavy atom. The van der Waals surface area contributed by atoms with Crippen molar-refractivity contribution in [3.63, 3.8) is 0 Å². The summed E-state index contributed by atoms with van der Waals surface area (Å²) in [4.78, 5) is 40.1. The molecule has 0 saturated carbocycles. The van der Waals surface area contributed by atoms with Crippen LogP contribution in [0.1, 0.15) is 56.8 Å². The highest BCUT2D eigenvalue weighted by Gasteiger charge is 2.37. The second-order valence-corrected chi connectivity index (χ2v) is 11.6. The molecule has 0 spiro atoms. The summed E-state index contributed by atoms with van der Waals surface area (Å²) in [5.74, 6) is -0.804. The van der Waals surface area contributed by atoms with Gasteiger partial charge in [-0.15, -0.1) is 0 Å². The van der Waals surface area contributed by atoms with Crippen LogP contribution in [0.5, 0.6) is 0 Å². The summed E-state index contributed by atoms with van der Waals surface area (Å²) < 4.78 is 29.0. The van der Waals surface area contributed by atoms with E-state index in [1.54, 1.807) is 6.07 Å². The molecule has 1 amide bonds. The summed E-state index contributed by atoms with van der Waals surface area (Å²) in [6.45, 7) is 6.74. The van der Waals surface area contributed by atoms with Crippen LogP contribution in [0.15, 0.2) is 18.2 Å². The minimum Gasteiger partial charge on any atom is -0.452 e. The highest BCUT2D eigenvalue weighted by molar-refractivity contribution is 7.91. The number of carbonyl (C=O) groups is 2. The first-order chi connectivity index (χ1) is 16.0. The third-order valence-corrected chi connectivity index (χ3v) is 8.56. The third-order valence-electron chi connectivity index (χ3n) is 6.81. The van der Waals surface area contributed by atoms with Crippen molar-refractivity contribution < 1.29 is 27.7 Å². The number of nitro groups is 1. The van der Waals surface area contributed by atoms with Crippen LogP contribution in [0.4, 0.5) is 11.4 Å². The summed E-state index contributed by atoms with van der Waals surface area (Å²) in [5, 5.41) is 11.7. The van der Waals surface area contributed by atoms with E-state index < -0.39 is 39.3 Å². The summed E-state index contributed by atoms with van der Waals surface area (Å²) >= 11 is 0. The van der Waals surface area contributed by atoms with Crippen molar-refractivity contribution in [3.8, 4) is 0 Å². The molecular formula is C23H33N3O7S. The van der Waals surface area contributed by atoms with Crippen LogP contribution < -0.4 is 4.90 Å². The average molecular weight is 496 g/mol. The molecule has 0 aromatic heterocycles. The van der Waals surface area contributed by atoms with E-state index in [0.717, 1.165) is 12.8 Å². The molecule has 11 heteroatoms. The fraction of sp³-hybridized carbons (Fsp3) is 0.652. The standard InChI is InChI=1S/C23H33N3O7S/c1-4-17(3)25(19-9-12-34(31,32)15-19)22(27)14-33-23(28)18-5-6-20(21(13-18)26(29)30)24-10-7-16(2)8-11-24/h5-6,13,16-17,19H,4,7-12,14-15H2,1-3H3/t17-,19+/m0/s1. The van der Waals surface area contributed by atoms with Crippen LogP contribution in [0, 0.1) is 16.0 Å². The highest BCUT2D eigenvalue weighted by atomic mass is 32.2. The van der Waals surface area contributed by atoms with Crippen molar-refractivity contribution in [2.45, 2.75) is 58.5 Å². The second-order valence-electron chi connectivity index (χ2n) is 9.32. The average Bonchev–Trinajstić information content (AvgIpc) is 3.16. The van der Waals surface area contributed by atoms with Crippen LogP contribution in [0.2, 0.25) is 0 Å². The van der Waals surface area contributed by atoms with E-state index in [-0.39, 0.29) is 28.8 Å². The molecule has 2 atom stereocenters. The molecule has 2 aliphatic rings. The van der Waals surface area contributed by atoms with Crippen molar-refractivity contribution in [1.82, 2.24) is 4.90 Å². The lowest BCUT2D eigenvalue weighted by atomic mass is 9.98. The number of sulfone groups is 1. The third kappa shape index (κ3) is 6.05. The van der Waals surface area contributed by atoms with Gasteiger partial charge in [0.15, 0.2) is 16.4 Å². The molecule has 2 saturated heterocycles. The molecule has 188 valence electrons. The first-order valence-electron chi connectivity index (χ1n) is 11.7. The van der Waals surface area contributed by atoms with Gasteiger partial charge in [-0.2, -0.15) is 0 Å². The van der Waals surface area contributed by atoms with E-state index in [0.29, 0.717) is 37.5 Å². The van der Waals surface area contributed by atoms with Crippen molar-refractivity contribution in [2.24, 2.45) is 5.92 Å². The topological polar surface area (TPSA) is 127 Å². The molecule has 0 aliphatic carbocycles.